The van der Waals surface area contributed by atoms with Crippen molar-refractivity contribution in [3.8, 4) is 0 Å². The third-order valence-corrected chi connectivity index (χ3v) is 8.21. The molecule has 0 saturated heterocycles. The monoisotopic (exact) mass is 532 g/mol. The van der Waals surface area contributed by atoms with Crippen LogP contribution in [0.5, 0.6) is 0 Å². The summed E-state index contributed by atoms with van der Waals surface area (Å²) in [5.74, 6) is -0.993. The Morgan fingerprint density at radius 3 is 2.27 bits per heavy atom. The number of thiazole rings is 1. The van der Waals surface area contributed by atoms with Crippen LogP contribution in [0.4, 0.5) is 19.4 Å². The maximum absolute atomic E-state index is 13.0. The topological polar surface area (TPSA) is 87.6 Å². The second-order valence-electron chi connectivity index (χ2n) is 8.22. The lowest BCUT2D eigenvalue weighted by atomic mass is 10.1. The van der Waals surface area contributed by atoms with Crippen LogP contribution in [0.15, 0.2) is 46.0 Å². The number of carbonyl (C=O) groups excluding carboxylic acids is 1. The molecule has 0 radical (unpaired) electrons. The fourth-order valence-electron chi connectivity index (χ4n) is 3.09. The summed E-state index contributed by atoms with van der Waals surface area (Å²) in [4.78, 5) is 16.4. The third kappa shape index (κ3) is 6.52. The number of hydrogen-bond donors (Lipinski definition) is 1. The summed E-state index contributed by atoms with van der Waals surface area (Å²) in [6.45, 7) is 2.95. The van der Waals surface area contributed by atoms with E-state index in [1.54, 1.807) is 5.38 Å². The van der Waals surface area contributed by atoms with Crippen molar-refractivity contribution in [2.45, 2.75) is 43.4 Å². The highest BCUT2D eigenvalue weighted by atomic mass is 32.5. The molecule has 1 aliphatic heterocycles. The van der Waals surface area contributed by atoms with Crippen LogP contribution in [-0.4, -0.2) is 41.1 Å². The molecule has 1 aromatic heterocycles. The number of halogens is 5. The van der Waals surface area contributed by atoms with Crippen molar-refractivity contribution in [2.75, 3.05) is 5.75 Å². The Hall–Kier alpha value is -2.03. The van der Waals surface area contributed by atoms with Crippen LogP contribution < -0.4 is 0 Å². The molecule has 14 heteroatoms. The second kappa shape index (κ2) is 7.48. The summed E-state index contributed by atoms with van der Waals surface area (Å²) >= 11 is 1.15. The van der Waals surface area contributed by atoms with Crippen LogP contribution in [0.3, 0.4) is 0 Å². The van der Waals surface area contributed by atoms with E-state index >= 15 is 0 Å². The zero-order valence-corrected chi connectivity index (χ0v) is 19.9. The first-order valence-electron chi connectivity index (χ1n) is 9.44. The molecule has 0 unspecified atom stereocenters. The van der Waals surface area contributed by atoms with E-state index in [0.717, 1.165) is 28.9 Å². The number of benzene rings is 1. The molecular weight excluding hydrogens is 511 g/mol. The van der Waals surface area contributed by atoms with Crippen LogP contribution in [0.1, 0.15) is 30.1 Å². The van der Waals surface area contributed by atoms with E-state index < -0.39 is 48.9 Å². The number of aliphatic hydroxyl groups is 1. The van der Waals surface area contributed by atoms with Crippen molar-refractivity contribution in [3.63, 3.8) is 0 Å². The van der Waals surface area contributed by atoms with Gasteiger partial charge in [0, 0.05) is 10.8 Å². The van der Waals surface area contributed by atoms with Gasteiger partial charge in [0.05, 0.1) is 30.5 Å². The molecule has 0 saturated carbocycles. The van der Waals surface area contributed by atoms with Gasteiger partial charge in [0.2, 0.25) is 5.91 Å². The first kappa shape index (κ1) is 25.6. The molecule has 6 nitrogen and oxygen atoms in total. The number of nitrogens with zero attached hydrogens (tertiary/aromatic N) is 2. The lowest BCUT2D eigenvalue weighted by Crippen LogP contribution is -2.41. The average Bonchev–Trinajstić information content (AvgIpc) is 3.24. The van der Waals surface area contributed by atoms with Crippen LogP contribution in [0, 0.1) is 0 Å². The summed E-state index contributed by atoms with van der Waals surface area (Å²) in [7, 11) is -13.4. The fourth-order valence-corrected chi connectivity index (χ4v) is 6.00. The molecule has 33 heavy (non-hydrogen) atoms. The van der Waals surface area contributed by atoms with Crippen molar-refractivity contribution < 1.29 is 37.7 Å². The third-order valence-electron chi connectivity index (χ3n) is 4.84. The van der Waals surface area contributed by atoms with Crippen LogP contribution >= 0.6 is 21.6 Å². The SMILES string of the molecule is CC(C)(O)c1csc(CN(C(=O)Cc2ccc(S(F)(F)(F)(F)F)cc2)[C@@H]2C=CS(=O)(=O)C2)n1. The van der Waals surface area contributed by atoms with Crippen molar-refractivity contribution in [1.29, 1.82) is 0 Å². The van der Waals surface area contributed by atoms with Gasteiger partial charge < -0.3 is 10.0 Å². The number of aromatic nitrogens is 1. The Kier molecular flexibility index (Phi) is 5.80. The van der Waals surface area contributed by atoms with E-state index in [-0.39, 0.29) is 30.0 Å². The number of rotatable bonds is 7. The van der Waals surface area contributed by atoms with Gasteiger partial charge in [0.15, 0.2) is 9.84 Å². The quantitative estimate of drug-likeness (QED) is 0.512. The Labute approximate surface area is 191 Å². The first-order valence-corrected chi connectivity index (χ1v) is 14.0. The van der Waals surface area contributed by atoms with E-state index in [2.05, 4.69) is 4.98 Å². The summed E-state index contributed by atoms with van der Waals surface area (Å²) in [5.41, 5.74) is -0.821. The Morgan fingerprint density at radius 1 is 1.21 bits per heavy atom. The van der Waals surface area contributed by atoms with Crippen molar-refractivity contribution >= 4 is 37.3 Å². The molecular formula is C19H21F5N2O4S3. The molecule has 1 atom stereocenters. The normalized spacial score (nSPS) is 20.3. The molecule has 2 heterocycles. The standard InChI is InChI=1S/C19H21F5N2O4S3/c1-19(2,28)16-11-31-17(25-16)10-26(14-7-8-32(29,30)12-14)18(27)9-13-3-5-15(6-4-13)33(20,21,22,23)24/h3-8,11,14,28H,9-10,12H2,1-2H3/t14-/m1/s1. The minimum absolute atomic E-state index is 0.0525. The van der Waals surface area contributed by atoms with Gasteiger partial charge in [0.25, 0.3) is 0 Å². The van der Waals surface area contributed by atoms with E-state index in [9.17, 15) is 37.7 Å². The molecule has 0 aliphatic carbocycles. The minimum Gasteiger partial charge on any atom is -0.384 e. The molecule has 0 spiro atoms. The fraction of sp³-hybridized carbons (Fsp3) is 0.368. The Bertz CT molecular complexity index is 1200. The van der Waals surface area contributed by atoms with E-state index in [0.29, 0.717) is 10.7 Å². The van der Waals surface area contributed by atoms with Crippen molar-refractivity contribution in [2.24, 2.45) is 0 Å². The van der Waals surface area contributed by atoms with Gasteiger partial charge in [-0.25, -0.2) is 13.4 Å². The molecule has 2 aromatic rings. The summed E-state index contributed by atoms with van der Waals surface area (Å²) in [5, 5.41) is 13.1. The van der Waals surface area contributed by atoms with Crippen molar-refractivity contribution in [1.82, 2.24) is 9.88 Å². The number of carbonyl (C=O) groups is 1. The maximum atomic E-state index is 13.0. The van der Waals surface area contributed by atoms with Gasteiger partial charge in [-0.15, -0.1) is 11.3 Å². The van der Waals surface area contributed by atoms with Gasteiger partial charge >= 0.3 is 10.2 Å². The Morgan fingerprint density at radius 2 is 1.82 bits per heavy atom. The van der Waals surface area contributed by atoms with Crippen LogP contribution in [0.25, 0.3) is 0 Å². The molecule has 1 amide bonds. The highest BCUT2D eigenvalue weighted by molar-refractivity contribution is 8.45. The smallest absolute Gasteiger partial charge is 0.310 e. The zero-order valence-electron chi connectivity index (χ0n) is 17.4. The molecule has 0 fully saturated rings. The maximum Gasteiger partial charge on any atom is 0.310 e. The molecule has 3 rings (SSSR count). The van der Waals surface area contributed by atoms with Gasteiger partial charge in [-0.1, -0.05) is 31.6 Å². The predicted octanol–water partition coefficient (Wildman–Crippen LogP) is 4.91. The number of hydrogen-bond acceptors (Lipinski definition) is 6. The van der Waals surface area contributed by atoms with Crippen molar-refractivity contribution in [3.05, 3.63) is 57.4 Å². The molecule has 184 valence electrons. The second-order valence-corrected chi connectivity index (χ2v) is 13.5. The van der Waals surface area contributed by atoms with Crippen LogP contribution in [-0.2, 0) is 33.2 Å². The lowest BCUT2D eigenvalue weighted by Gasteiger charge is -2.40. The molecule has 1 aliphatic rings. The number of sulfone groups is 1. The highest BCUT2D eigenvalue weighted by Gasteiger charge is 2.65. The predicted molar refractivity (Wildman–Crippen MR) is 116 cm³/mol. The van der Waals surface area contributed by atoms with E-state index in [1.165, 1.54) is 24.8 Å². The van der Waals surface area contributed by atoms with E-state index in [4.69, 9.17) is 0 Å². The van der Waals surface area contributed by atoms with E-state index in [1.807, 2.05) is 0 Å². The van der Waals surface area contributed by atoms with Gasteiger partial charge in [0.1, 0.15) is 15.5 Å². The highest BCUT2D eigenvalue weighted by Crippen LogP contribution is 3.02. The molecule has 0 bridgehead atoms. The number of amides is 1. The van der Waals surface area contributed by atoms with Gasteiger partial charge in [-0.2, -0.15) is 0 Å². The lowest BCUT2D eigenvalue weighted by molar-refractivity contribution is -0.132. The van der Waals surface area contributed by atoms with Gasteiger partial charge in [-0.05, 0) is 37.6 Å². The average molecular weight is 533 g/mol. The Balaban J connectivity index is 1.84. The first-order chi connectivity index (χ1) is 14.7. The summed E-state index contributed by atoms with van der Waals surface area (Å²) in [6.07, 6.45) is 0.893. The zero-order chi connectivity index (χ0) is 24.9. The summed E-state index contributed by atoms with van der Waals surface area (Å²) in [6, 6.07) is 1.21. The summed E-state index contributed by atoms with van der Waals surface area (Å²) < 4.78 is 88.3. The van der Waals surface area contributed by atoms with Crippen LogP contribution in [0.2, 0.25) is 0 Å². The minimum atomic E-state index is -9.83. The van der Waals surface area contributed by atoms with Gasteiger partial charge in [-0.3, -0.25) is 4.79 Å². The largest absolute Gasteiger partial charge is 0.384 e. The molecule has 1 aromatic carbocycles. The molecule has 1 N–H and O–H groups in total.